The SMILES string of the molecule is CC(C)CC[C@]1(C)NC(=O)N(CC(=O)OCC(=O)NC2(C#N)CCCC2)C1=O. The van der Waals surface area contributed by atoms with E-state index in [1.807, 2.05) is 13.8 Å². The fourth-order valence-corrected chi connectivity index (χ4v) is 3.50. The molecule has 0 aromatic rings. The van der Waals surface area contributed by atoms with E-state index < -0.39 is 48.0 Å². The first kappa shape index (κ1) is 21.7. The molecule has 2 fully saturated rings. The molecule has 0 aromatic carbocycles. The van der Waals surface area contributed by atoms with Gasteiger partial charge in [0.25, 0.3) is 11.8 Å². The molecule has 1 aliphatic heterocycles. The molecule has 0 unspecified atom stereocenters. The summed E-state index contributed by atoms with van der Waals surface area (Å²) in [6.45, 7) is 4.56. The smallest absolute Gasteiger partial charge is 0.326 e. The highest BCUT2D eigenvalue weighted by Gasteiger charge is 2.48. The minimum atomic E-state index is -1.04. The number of nitrogens with one attached hydrogen (secondary N) is 2. The van der Waals surface area contributed by atoms with Gasteiger partial charge in [0.15, 0.2) is 6.61 Å². The zero-order chi connectivity index (χ0) is 20.9. The summed E-state index contributed by atoms with van der Waals surface area (Å²) in [7, 11) is 0. The van der Waals surface area contributed by atoms with Gasteiger partial charge in [-0.3, -0.25) is 19.3 Å². The Morgan fingerprint density at radius 2 is 1.96 bits per heavy atom. The molecule has 9 heteroatoms. The highest BCUT2D eigenvalue weighted by molar-refractivity contribution is 6.08. The van der Waals surface area contributed by atoms with Crippen molar-refractivity contribution >= 4 is 23.8 Å². The third kappa shape index (κ3) is 5.00. The molecular formula is C19H28N4O5. The van der Waals surface area contributed by atoms with Gasteiger partial charge in [-0.1, -0.05) is 13.8 Å². The van der Waals surface area contributed by atoms with Crippen LogP contribution in [-0.2, 0) is 19.1 Å². The van der Waals surface area contributed by atoms with Crippen molar-refractivity contribution in [2.45, 2.75) is 70.4 Å². The predicted molar refractivity (Wildman–Crippen MR) is 98.6 cm³/mol. The van der Waals surface area contributed by atoms with Crippen LogP contribution in [0.4, 0.5) is 4.79 Å². The van der Waals surface area contributed by atoms with Crippen LogP contribution in [0.1, 0.15) is 59.3 Å². The van der Waals surface area contributed by atoms with Crippen LogP contribution in [0.3, 0.4) is 0 Å². The van der Waals surface area contributed by atoms with Gasteiger partial charge in [-0.15, -0.1) is 0 Å². The molecule has 0 aromatic heterocycles. The van der Waals surface area contributed by atoms with Crippen LogP contribution in [0.25, 0.3) is 0 Å². The van der Waals surface area contributed by atoms with Crippen LogP contribution in [0.5, 0.6) is 0 Å². The van der Waals surface area contributed by atoms with Crippen molar-refractivity contribution in [2.75, 3.05) is 13.2 Å². The van der Waals surface area contributed by atoms with Crippen molar-refractivity contribution in [1.29, 1.82) is 5.26 Å². The minimum Gasteiger partial charge on any atom is -0.454 e. The molecular weight excluding hydrogens is 364 g/mol. The number of esters is 1. The van der Waals surface area contributed by atoms with Crippen LogP contribution in [-0.4, -0.2) is 52.9 Å². The van der Waals surface area contributed by atoms with Crippen molar-refractivity contribution in [3.63, 3.8) is 0 Å². The number of rotatable bonds is 8. The van der Waals surface area contributed by atoms with E-state index in [4.69, 9.17) is 4.74 Å². The van der Waals surface area contributed by atoms with E-state index in [0.29, 0.717) is 25.2 Å². The molecule has 1 saturated heterocycles. The molecule has 0 radical (unpaired) electrons. The summed E-state index contributed by atoms with van der Waals surface area (Å²) >= 11 is 0. The second kappa shape index (κ2) is 8.59. The van der Waals surface area contributed by atoms with Crippen molar-refractivity contribution in [3.05, 3.63) is 0 Å². The minimum absolute atomic E-state index is 0.371. The third-order valence-electron chi connectivity index (χ3n) is 5.27. The van der Waals surface area contributed by atoms with Gasteiger partial charge in [0.2, 0.25) is 0 Å². The maximum absolute atomic E-state index is 12.6. The van der Waals surface area contributed by atoms with Crippen molar-refractivity contribution in [2.24, 2.45) is 5.92 Å². The van der Waals surface area contributed by atoms with E-state index in [2.05, 4.69) is 16.7 Å². The molecule has 154 valence electrons. The Bertz CT molecular complexity index is 693. The van der Waals surface area contributed by atoms with Crippen molar-refractivity contribution in [3.8, 4) is 6.07 Å². The lowest BCUT2D eigenvalue weighted by atomic mass is 9.92. The van der Waals surface area contributed by atoms with Gasteiger partial charge in [0, 0.05) is 0 Å². The van der Waals surface area contributed by atoms with E-state index in [0.717, 1.165) is 24.2 Å². The quantitative estimate of drug-likeness (QED) is 0.472. The maximum Gasteiger partial charge on any atom is 0.326 e. The lowest BCUT2D eigenvalue weighted by Gasteiger charge is -2.22. The number of nitrogens with zero attached hydrogens (tertiary/aromatic N) is 2. The number of nitriles is 1. The van der Waals surface area contributed by atoms with Crippen LogP contribution in [0.15, 0.2) is 0 Å². The highest BCUT2D eigenvalue weighted by atomic mass is 16.5. The van der Waals surface area contributed by atoms with Gasteiger partial charge in [0.05, 0.1) is 6.07 Å². The van der Waals surface area contributed by atoms with Crippen LogP contribution < -0.4 is 10.6 Å². The van der Waals surface area contributed by atoms with Gasteiger partial charge in [-0.25, -0.2) is 4.79 Å². The maximum atomic E-state index is 12.6. The summed E-state index contributed by atoms with van der Waals surface area (Å²) in [6.07, 6.45) is 4.08. The fourth-order valence-electron chi connectivity index (χ4n) is 3.50. The molecule has 2 rings (SSSR count). The Kier molecular flexibility index (Phi) is 6.65. The number of amides is 4. The van der Waals surface area contributed by atoms with Gasteiger partial charge >= 0.3 is 12.0 Å². The second-order valence-electron chi connectivity index (χ2n) is 8.20. The van der Waals surface area contributed by atoms with Crippen LogP contribution in [0.2, 0.25) is 0 Å². The fraction of sp³-hybridized carbons (Fsp3) is 0.737. The molecule has 0 spiro atoms. The van der Waals surface area contributed by atoms with Gasteiger partial charge in [0.1, 0.15) is 17.6 Å². The molecule has 4 amide bonds. The molecule has 2 N–H and O–H groups in total. The number of urea groups is 1. The Morgan fingerprint density at radius 1 is 1.32 bits per heavy atom. The summed E-state index contributed by atoms with van der Waals surface area (Å²) in [6, 6.07) is 1.47. The van der Waals surface area contributed by atoms with Crippen molar-refractivity contribution in [1.82, 2.24) is 15.5 Å². The molecule has 1 heterocycles. The van der Waals surface area contributed by atoms with Gasteiger partial charge < -0.3 is 15.4 Å². The van der Waals surface area contributed by atoms with Crippen LogP contribution in [0, 0.1) is 17.2 Å². The number of ether oxygens (including phenoxy) is 1. The molecule has 1 aliphatic carbocycles. The summed E-state index contributed by atoms with van der Waals surface area (Å²) in [4.78, 5) is 49.5. The van der Waals surface area contributed by atoms with Crippen LogP contribution >= 0.6 is 0 Å². The molecule has 1 atom stereocenters. The number of carbonyl (C=O) groups excluding carboxylic acids is 4. The highest BCUT2D eigenvalue weighted by Crippen LogP contribution is 2.28. The molecule has 9 nitrogen and oxygen atoms in total. The Balaban J connectivity index is 1.84. The lowest BCUT2D eigenvalue weighted by Crippen LogP contribution is -2.47. The zero-order valence-electron chi connectivity index (χ0n) is 16.7. The monoisotopic (exact) mass is 392 g/mol. The van der Waals surface area contributed by atoms with E-state index in [1.54, 1.807) is 6.92 Å². The van der Waals surface area contributed by atoms with E-state index in [9.17, 15) is 24.4 Å². The Hall–Kier alpha value is -2.63. The normalized spacial score (nSPS) is 23.5. The first-order valence-electron chi connectivity index (χ1n) is 9.63. The average molecular weight is 392 g/mol. The lowest BCUT2D eigenvalue weighted by molar-refractivity contribution is -0.151. The number of hydrogen-bond acceptors (Lipinski definition) is 6. The number of imide groups is 1. The standard InChI is InChI=1S/C19H28N4O5/c1-13(2)6-9-18(3)16(26)23(17(27)22-18)10-15(25)28-11-14(24)21-19(12-20)7-4-5-8-19/h13H,4-11H2,1-3H3,(H,21,24)(H,22,27)/t18-/m0/s1. The molecule has 1 saturated carbocycles. The average Bonchev–Trinajstić information content (AvgIpc) is 3.18. The second-order valence-corrected chi connectivity index (χ2v) is 8.20. The zero-order valence-corrected chi connectivity index (χ0v) is 16.7. The first-order chi connectivity index (χ1) is 13.1. The first-order valence-corrected chi connectivity index (χ1v) is 9.63. The molecule has 2 aliphatic rings. The predicted octanol–water partition coefficient (Wildman–Crippen LogP) is 1.23. The molecule has 28 heavy (non-hydrogen) atoms. The topological polar surface area (TPSA) is 129 Å². The van der Waals surface area contributed by atoms with Crippen molar-refractivity contribution < 1.29 is 23.9 Å². The summed E-state index contributed by atoms with van der Waals surface area (Å²) < 4.78 is 4.89. The largest absolute Gasteiger partial charge is 0.454 e. The van der Waals surface area contributed by atoms with Gasteiger partial charge in [-0.05, 0) is 51.4 Å². The summed E-state index contributed by atoms with van der Waals surface area (Å²) in [5, 5.41) is 14.5. The van der Waals surface area contributed by atoms with E-state index >= 15 is 0 Å². The van der Waals surface area contributed by atoms with E-state index in [1.165, 1.54) is 0 Å². The van der Waals surface area contributed by atoms with E-state index in [-0.39, 0.29) is 0 Å². The number of hydrogen-bond donors (Lipinski definition) is 2. The third-order valence-corrected chi connectivity index (χ3v) is 5.27. The van der Waals surface area contributed by atoms with Gasteiger partial charge in [-0.2, -0.15) is 5.26 Å². The summed E-state index contributed by atoms with van der Waals surface area (Å²) in [5.41, 5.74) is -1.94. The summed E-state index contributed by atoms with van der Waals surface area (Å²) in [5.74, 6) is -1.54. The molecule has 0 bridgehead atoms. The number of carbonyl (C=O) groups is 4. The Morgan fingerprint density at radius 3 is 2.54 bits per heavy atom. The Labute approximate surface area is 164 Å².